The number of carbonyl (C=O) groups is 2. The second kappa shape index (κ2) is 5.88. The summed E-state index contributed by atoms with van der Waals surface area (Å²) in [7, 11) is 1.58. The number of piperidine rings is 1. The molecule has 19 heavy (non-hydrogen) atoms. The van der Waals surface area contributed by atoms with Gasteiger partial charge >= 0.3 is 0 Å². The average molecular weight is 269 g/mol. The lowest BCUT2D eigenvalue weighted by Crippen LogP contribution is -2.64. The lowest BCUT2D eigenvalue weighted by molar-refractivity contribution is -0.153. The molecule has 0 aliphatic carbocycles. The third kappa shape index (κ3) is 2.90. The van der Waals surface area contributed by atoms with E-state index in [9.17, 15) is 9.59 Å². The Balaban J connectivity index is 2.12. The molecule has 6 heteroatoms. The van der Waals surface area contributed by atoms with Crippen molar-refractivity contribution in [2.75, 3.05) is 33.4 Å². The first-order valence-electron chi connectivity index (χ1n) is 6.94. The lowest BCUT2D eigenvalue weighted by atomic mass is 9.89. The normalized spacial score (nSPS) is 31.9. The van der Waals surface area contributed by atoms with E-state index in [4.69, 9.17) is 4.74 Å². The number of ether oxygens (including phenoxy) is 1. The van der Waals surface area contributed by atoms with Crippen LogP contribution < -0.4 is 10.6 Å². The molecule has 2 N–H and O–H groups in total. The molecular formula is C13H23N3O3. The topological polar surface area (TPSA) is 70.7 Å². The molecule has 0 radical (unpaired) electrons. The molecule has 108 valence electrons. The Bertz CT molecular complexity index is 353. The van der Waals surface area contributed by atoms with Crippen LogP contribution in [0.3, 0.4) is 0 Å². The minimum Gasteiger partial charge on any atom is -0.377 e. The second-order valence-electron chi connectivity index (χ2n) is 5.42. The van der Waals surface area contributed by atoms with E-state index in [0.717, 1.165) is 25.8 Å². The monoisotopic (exact) mass is 269 g/mol. The maximum absolute atomic E-state index is 12.7. The number of hydrogen-bond donors (Lipinski definition) is 2. The Morgan fingerprint density at radius 1 is 1.42 bits per heavy atom. The van der Waals surface area contributed by atoms with Crippen molar-refractivity contribution in [1.29, 1.82) is 0 Å². The molecule has 2 atom stereocenters. The van der Waals surface area contributed by atoms with Crippen LogP contribution in [0.25, 0.3) is 0 Å². The molecule has 2 saturated heterocycles. The number of hydrogen-bond acceptors (Lipinski definition) is 4. The van der Waals surface area contributed by atoms with Crippen LogP contribution in [-0.2, 0) is 14.3 Å². The van der Waals surface area contributed by atoms with Gasteiger partial charge < -0.3 is 20.3 Å². The molecule has 2 amide bonds. The van der Waals surface area contributed by atoms with Gasteiger partial charge in [0.2, 0.25) is 11.8 Å². The highest BCUT2D eigenvalue weighted by atomic mass is 16.5. The summed E-state index contributed by atoms with van der Waals surface area (Å²) >= 11 is 0. The zero-order valence-electron chi connectivity index (χ0n) is 11.7. The van der Waals surface area contributed by atoms with Crippen molar-refractivity contribution in [3.63, 3.8) is 0 Å². The number of carbonyl (C=O) groups excluding carboxylic acids is 2. The van der Waals surface area contributed by atoms with Gasteiger partial charge in [-0.1, -0.05) is 0 Å². The van der Waals surface area contributed by atoms with Gasteiger partial charge in [-0.15, -0.1) is 0 Å². The standard InChI is InChI=1S/C13H23N3O3/c1-13(5-3-4-6-15-13)12(18)16-7-8-19-9-10(16)11(17)14-2/h10,15H,3-9H2,1-2H3,(H,14,17). The second-order valence-corrected chi connectivity index (χ2v) is 5.42. The van der Waals surface area contributed by atoms with Crippen LogP contribution >= 0.6 is 0 Å². The third-order valence-corrected chi connectivity index (χ3v) is 4.03. The highest BCUT2D eigenvalue weighted by molar-refractivity contribution is 5.92. The largest absolute Gasteiger partial charge is 0.377 e. The van der Waals surface area contributed by atoms with Crippen molar-refractivity contribution < 1.29 is 14.3 Å². The summed E-state index contributed by atoms with van der Waals surface area (Å²) in [4.78, 5) is 26.3. The van der Waals surface area contributed by atoms with Gasteiger partial charge in [-0.25, -0.2) is 0 Å². The van der Waals surface area contributed by atoms with E-state index in [1.807, 2.05) is 6.92 Å². The van der Waals surface area contributed by atoms with Crippen molar-refractivity contribution in [3.8, 4) is 0 Å². The molecule has 0 aromatic rings. The summed E-state index contributed by atoms with van der Waals surface area (Å²) in [6, 6.07) is -0.508. The van der Waals surface area contributed by atoms with Crippen LogP contribution in [0.2, 0.25) is 0 Å². The first-order chi connectivity index (χ1) is 9.08. The Hall–Kier alpha value is -1.14. The van der Waals surface area contributed by atoms with Gasteiger partial charge in [-0.2, -0.15) is 0 Å². The fraction of sp³-hybridized carbons (Fsp3) is 0.846. The molecule has 0 aromatic heterocycles. The van der Waals surface area contributed by atoms with E-state index in [-0.39, 0.29) is 18.4 Å². The zero-order chi connectivity index (χ0) is 13.9. The highest BCUT2D eigenvalue weighted by Gasteiger charge is 2.42. The molecule has 0 aromatic carbocycles. The lowest BCUT2D eigenvalue weighted by Gasteiger charge is -2.42. The van der Waals surface area contributed by atoms with Crippen LogP contribution in [0.5, 0.6) is 0 Å². The summed E-state index contributed by atoms with van der Waals surface area (Å²) in [5.74, 6) is -0.142. The summed E-state index contributed by atoms with van der Waals surface area (Å²) in [6.07, 6.45) is 2.97. The summed E-state index contributed by atoms with van der Waals surface area (Å²) in [6.45, 7) is 4.05. The van der Waals surface area contributed by atoms with Crippen molar-refractivity contribution >= 4 is 11.8 Å². The summed E-state index contributed by atoms with van der Waals surface area (Å²) in [5, 5.41) is 5.91. The van der Waals surface area contributed by atoms with E-state index >= 15 is 0 Å². The molecule has 2 rings (SSSR count). The van der Waals surface area contributed by atoms with E-state index in [1.54, 1.807) is 11.9 Å². The quantitative estimate of drug-likeness (QED) is 0.708. The molecule has 2 unspecified atom stereocenters. The number of morpholine rings is 1. The maximum Gasteiger partial charge on any atom is 0.244 e. The minimum atomic E-state index is -0.540. The number of likely N-dealkylation sites (N-methyl/N-ethyl adjacent to an activating group) is 1. The summed E-state index contributed by atoms with van der Waals surface area (Å²) < 4.78 is 5.33. The molecule has 0 bridgehead atoms. The molecule has 2 heterocycles. The number of nitrogens with one attached hydrogen (secondary N) is 2. The van der Waals surface area contributed by atoms with Gasteiger partial charge in [0.1, 0.15) is 6.04 Å². The van der Waals surface area contributed by atoms with Gasteiger partial charge in [0.05, 0.1) is 18.8 Å². The predicted molar refractivity (Wildman–Crippen MR) is 70.6 cm³/mol. The van der Waals surface area contributed by atoms with Crippen LogP contribution in [0, 0.1) is 0 Å². The molecule has 2 aliphatic heterocycles. The van der Waals surface area contributed by atoms with Gasteiger partial charge in [0.15, 0.2) is 0 Å². The number of nitrogens with zero attached hydrogens (tertiary/aromatic N) is 1. The van der Waals surface area contributed by atoms with Gasteiger partial charge in [0, 0.05) is 13.6 Å². The third-order valence-electron chi connectivity index (χ3n) is 4.03. The van der Waals surface area contributed by atoms with Crippen molar-refractivity contribution in [1.82, 2.24) is 15.5 Å². The fourth-order valence-electron chi connectivity index (χ4n) is 2.79. The maximum atomic E-state index is 12.7. The van der Waals surface area contributed by atoms with Gasteiger partial charge in [-0.05, 0) is 32.7 Å². The Morgan fingerprint density at radius 3 is 2.84 bits per heavy atom. The first kappa shape index (κ1) is 14.3. The SMILES string of the molecule is CNC(=O)C1COCCN1C(=O)C1(C)CCCCN1. The van der Waals surface area contributed by atoms with E-state index in [2.05, 4.69) is 10.6 Å². The van der Waals surface area contributed by atoms with Crippen LogP contribution in [-0.4, -0.2) is 61.6 Å². The fourth-order valence-corrected chi connectivity index (χ4v) is 2.79. The van der Waals surface area contributed by atoms with E-state index in [1.165, 1.54) is 0 Å². The minimum absolute atomic E-state index is 0.0177. The predicted octanol–water partition coefficient (Wildman–Crippen LogP) is -0.508. The van der Waals surface area contributed by atoms with Crippen molar-refractivity contribution in [2.24, 2.45) is 0 Å². The van der Waals surface area contributed by atoms with Gasteiger partial charge in [0.25, 0.3) is 0 Å². The number of amides is 2. The van der Waals surface area contributed by atoms with Gasteiger partial charge in [-0.3, -0.25) is 9.59 Å². The van der Waals surface area contributed by atoms with E-state index in [0.29, 0.717) is 13.2 Å². The highest BCUT2D eigenvalue weighted by Crippen LogP contribution is 2.23. The Labute approximate surface area is 113 Å². The first-order valence-corrected chi connectivity index (χ1v) is 6.94. The average Bonchev–Trinajstić information content (AvgIpc) is 2.46. The molecule has 0 spiro atoms. The van der Waals surface area contributed by atoms with Crippen LogP contribution in [0.4, 0.5) is 0 Å². The number of rotatable bonds is 2. The van der Waals surface area contributed by atoms with Crippen LogP contribution in [0.15, 0.2) is 0 Å². The molecular weight excluding hydrogens is 246 g/mol. The molecule has 2 aliphatic rings. The molecule has 0 saturated carbocycles. The summed E-state index contributed by atoms with van der Waals surface area (Å²) in [5.41, 5.74) is -0.540. The smallest absolute Gasteiger partial charge is 0.244 e. The Morgan fingerprint density at radius 2 is 2.21 bits per heavy atom. The zero-order valence-corrected chi connectivity index (χ0v) is 11.7. The van der Waals surface area contributed by atoms with Crippen molar-refractivity contribution in [3.05, 3.63) is 0 Å². The molecule has 6 nitrogen and oxygen atoms in total. The Kier molecular flexibility index (Phi) is 4.42. The van der Waals surface area contributed by atoms with Crippen molar-refractivity contribution in [2.45, 2.75) is 37.8 Å². The molecule has 2 fully saturated rings. The van der Waals surface area contributed by atoms with E-state index < -0.39 is 11.6 Å². The van der Waals surface area contributed by atoms with Crippen LogP contribution in [0.1, 0.15) is 26.2 Å².